The van der Waals surface area contributed by atoms with E-state index in [-0.39, 0.29) is 12.1 Å². The monoisotopic (exact) mass is 271 g/mol. The van der Waals surface area contributed by atoms with Gasteiger partial charge in [0, 0.05) is 6.54 Å². The van der Waals surface area contributed by atoms with E-state index in [4.69, 9.17) is 22.2 Å². The summed E-state index contributed by atoms with van der Waals surface area (Å²) in [6.45, 7) is 5.60. The van der Waals surface area contributed by atoms with E-state index in [2.05, 4.69) is 27.2 Å². The number of halogens is 1. The molecule has 1 aromatic rings. The molecule has 2 unspecified atom stereocenters. The standard InChI is InChI=1S/C11H18ClN5O/c1-3-8-6-18-7(2)5-17(8)10-9(12)4-14-11(15-10)16-13/h4,7-8H,3,5-6,13H2,1-2H3,(H,14,15,16). The number of rotatable bonds is 3. The lowest BCUT2D eigenvalue weighted by atomic mass is 10.1. The van der Waals surface area contributed by atoms with Crippen molar-refractivity contribution in [1.29, 1.82) is 0 Å². The molecule has 18 heavy (non-hydrogen) atoms. The largest absolute Gasteiger partial charge is 0.375 e. The van der Waals surface area contributed by atoms with E-state index >= 15 is 0 Å². The number of anilines is 2. The Labute approximate surface area is 111 Å². The zero-order valence-corrected chi connectivity index (χ0v) is 11.3. The van der Waals surface area contributed by atoms with Gasteiger partial charge in [-0.1, -0.05) is 18.5 Å². The molecule has 0 amide bonds. The third-order valence-electron chi connectivity index (χ3n) is 3.07. The first-order valence-corrected chi connectivity index (χ1v) is 6.40. The second-order valence-electron chi connectivity index (χ2n) is 4.37. The van der Waals surface area contributed by atoms with E-state index in [0.717, 1.165) is 13.0 Å². The number of nitrogens with two attached hydrogens (primary N) is 1. The SMILES string of the molecule is CCC1COC(C)CN1c1nc(NN)ncc1Cl. The fourth-order valence-corrected chi connectivity index (χ4v) is 2.27. The Balaban J connectivity index is 2.32. The van der Waals surface area contributed by atoms with E-state index in [1.165, 1.54) is 0 Å². The van der Waals surface area contributed by atoms with E-state index in [1.54, 1.807) is 6.20 Å². The molecule has 1 aliphatic heterocycles. The molecule has 3 N–H and O–H groups in total. The molecule has 1 aliphatic rings. The molecule has 2 atom stereocenters. The van der Waals surface area contributed by atoms with Crippen LogP contribution in [-0.2, 0) is 4.74 Å². The summed E-state index contributed by atoms with van der Waals surface area (Å²) >= 11 is 6.18. The smallest absolute Gasteiger partial charge is 0.239 e. The number of nitrogens with one attached hydrogen (secondary N) is 1. The Morgan fingerprint density at radius 2 is 2.44 bits per heavy atom. The van der Waals surface area contributed by atoms with Crippen molar-refractivity contribution >= 4 is 23.4 Å². The van der Waals surface area contributed by atoms with Crippen molar-refractivity contribution in [3.63, 3.8) is 0 Å². The van der Waals surface area contributed by atoms with Crippen LogP contribution in [0.1, 0.15) is 20.3 Å². The molecule has 0 radical (unpaired) electrons. The minimum Gasteiger partial charge on any atom is -0.375 e. The van der Waals surface area contributed by atoms with Crippen molar-refractivity contribution in [3.05, 3.63) is 11.2 Å². The first kappa shape index (κ1) is 13.3. The maximum absolute atomic E-state index is 6.18. The zero-order chi connectivity index (χ0) is 13.1. The van der Waals surface area contributed by atoms with Crippen LogP contribution in [0.15, 0.2) is 6.20 Å². The first-order valence-electron chi connectivity index (χ1n) is 6.03. The normalized spacial score (nSPS) is 24.1. The zero-order valence-electron chi connectivity index (χ0n) is 10.6. The molecule has 0 bridgehead atoms. The number of ether oxygens (including phenoxy) is 1. The van der Waals surface area contributed by atoms with Gasteiger partial charge in [0.15, 0.2) is 5.82 Å². The highest BCUT2D eigenvalue weighted by Gasteiger charge is 2.28. The lowest BCUT2D eigenvalue weighted by molar-refractivity contribution is 0.0296. The van der Waals surface area contributed by atoms with Gasteiger partial charge in [0.05, 0.1) is 24.9 Å². The molecular weight excluding hydrogens is 254 g/mol. The molecule has 0 aliphatic carbocycles. The van der Waals surface area contributed by atoms with Crippen LogP contribution in [0.2, 0.25) is 5.02 Å². The second kappa shape index (κ2) is 5.69. The summed E-state index contributed by atoms with van der Waals surface area (Å²) in [6.07, 6.45) is 2.69. The van der Waals surface area contributed by atoms with Crippen LogP contribution < -0.4 is 16.2 Å². The third-order valence-corrected chi connectivity index (χ3v) is 3.33. The highest BCUT2D eigenvalue weighted by molar-refractivity contribution is 6.32. The lowest BCUT2D eigenvalue weighted by Gasteiger charge is -2.39. The third kappa shape index (κ3) is 2.66. The number of hydrogen-bond donors (Lipinski definition) is 2. The van der Waals surface area contributed by atoms with Crippen LogP contribution in [0.3, 0.4) is 0 Å². The molecule has 6 nitrogen and oxygen atoms in total. The average Bonchev–Trinajstić information content (AvgIpc) is 2.39. The summed E-state index contributed by atoms with van der Waals surface area (Å²) in [5.74, 6) is 6.41. The summed E-state index contributed by atoms with van der Waals surface area (Å²) in [5.41, 5.74) is 2.44. The predicted octanol–water partition coefficient (Wildman–Crippen LogP) is 1.42. The Hall–Kier alpha value is -1.11. The summed E-state index contributed by atoms with van der Waals surface area (Å²) in [6, 6.07) is 0.277. The van der Waals surface area contributed by atoms with Crippen molar-refractivity contribution in [2.75, 3.05) is 23.5 Å². The van der Waals surface area contributed by atoms with Crippen LogP contribution in [0, 0.1) is 0 Å². The number of hydrazine groups is 1. The van der Waals surface area contributed by atoms with Gasteiger partial charge in [-0.15, -0.1) is 0 Å². The number of morpholine rings is 1. The summed E-state index contributed by atoms with van der Waals surface area (Å²) < 4.78 is 5.66. The number of nitrogens with zero attached hydrogens (tertiary/aromatic N) is 3. The highest BCUT2D eigenvalue weighted by atomic mass is 35.5. The molecule has 100 valence electrons. The van der Waals surface area contributed by atoms with Gasteiger partial charge in [0.2, 0.25) is 5.95 Å². The number of nitrogen functional groups attached to an aromatic ring is 1. The molecule has 1 saturated heterocycles. The Bertz CT molecular complexity index is 416. The lowest BCUT2D eigenvalue weighted by Crippen LogP contribution is -2.49. The van der Waals surface area contributed by atoms with Gasteiger partial charge in [-0.2, -0.15) is 4.98 Å². The van der Waals surface area contributed by atoms with Gasteiger partial charge in [0.1, 0.15) is 5.02 Å². The van der Waals surface area contributed by atoms with E-state index in [9.17, 15) is 0 Å². The van der Waals surface area contributed by atoms with Crippen LogP contribution in [0.25, 0.3) is 0 Å². The summed E-state index contributed by atoms with van der Waals surface area (Å²) in [4.78, 5) is 10.5. The van der Waals surface area contributed by atoms with Crippen molar-refractivity contribution in [2.45, 2.75) is 32.4 Å². The second-order valence-corrected chi connectivity index (χ2v) is 4.78. The molecule has 0 spiro atoms. The average molecular weight is 272 g/mol. The summed E-state index contributed by atoms with van der Waals surface area (Å²) in [5, 5.41) is 0.529. The molecule has 0 saturated carbocycles. The van der Waals surface area contributed by atoms with E-state index in [1.807, 2.05) is 6.92 Å². The van der Waals surface area contributed by atoms with Crippen LogP contribution in [-0.4, -0.2) is 35.3 Å². The van der Waals surface area contributed by atoms with Gasteiger partial charge >= 0.3 is 0 Å². The Kier molecular flexibility index (Phi) is 4.21. The van der Waals surface area contributed by atoms with Gasteiger partial charge in [-0.3, -0.25) is 5.43 Å². The topological polar surface area (TPSA) is 76.3 Å². The first-order chi connectivity index (χ1) is 8.65. The van der Waals surface area contributed by atoms with Crippen LogP contribution >= 0.6 is 11.6 Å². The molecule has 2 rings (SSSR count). The van der Waals surface area contributed by atoms with Gasteiger partial charge in [-0.25, -0.2) is 10.8 Å². The van der Waals surface area contributed by atoms with Gasteiger partial charge in [-0.05, 0) is 13.3 Å². The molecule has 2 heterocycles. The van der Waals surface area contributed by atoms with Crippen LogP contribution in [0.5, 0.6) is 0 Å². The Morgan fingerprint density at radius 3 is 3.11 bits per heavy atom. The van der Waals surface area contributed by atoms with Crippen molar-refractivity contribution in [2.24, 2.45) is 5.84 Å². The summed E-state index contributed by atoms with van der Waals surface area (Å²) in [7, 11) is 0. The van der Waals surface area contributed by atoms with Gasteiger partial charge in [0.25, 0.3) is 0 Å². The Morgan fingerprint density at radius 1 is 1.67 bits per heavy atom. The fourth-order valence-electron chi connectivity index (χ4n) is 2.07. The van der Waals surface area contributed by atoms with Gasteiger partial charge < -0.3 is 9.64 Å². The molecular formula is C11H18ClN5O. The maximum atomic E-state index is 6.18. The molecule has 1 aromatic heterocycles. The van der Waals surface area contributed by atoms with Crippen molar-refractivity contribution in [3.8, 4) is 0 Å². The molecule has 7 heteroatoms. The fraction of sp³-hybridized carbons (Fsp3) is 0.636. The highest BCUT2D eigenvalue weighted by Crippen LogP contribution is 2.28. The van der Waals surface area contributed by atoms with Crippen LogP contribution in [0.4, 0.5) is 11.8 Å². The van der Waals surface area contributed by atoms with E-state index < -0.39 is 0 Å². The maximum Gasteiger partial charge on any atom is 0.239 e. The van der Waals surface area contributed by atoms with Crippen molar-refractivity contribution in [1.82, 2.24) is 9.97 Å². The quantitative estimate of drug-likeness (QED) is 0.640. The predicted molar refractivity (Wildman–Crippen MR) is 71.7 cm³/mol. The molecule has 0 aromatic carbocycles. The minimum absolute atomic E-state index is 0.160. The number of aromatic nitrogens is 2. The minimum atomic E-state index is 0.160. The van der Waals surface area contributed by atoms with E-state index in [0.29, 0.717) is 23.4 Å². The van der Waals surface area contributed by atoms with Crippen molar-refractivity contribution < 1.29 is 4.74 Å². The number of hydrogen-bond acceptors (Lipinski definition) is 6. The molecule has 1 fully saturated rings.